The summed E-state index contributed by atoms with van der Waals surface area (Å²) < 4.78 is 5.30. The molecular formula is C16H18N2O2. The fraction of sp³-hybridized carbons (Fsp3) is 0.312. The minimum atomic E-state index is 0.154. The molecule has 1 amide bonds. The first kappa shape index (κ1) is 12.8. The number of aromatic amines is 1. The van der Waals surface area contributed by atoms with E-state index in [1.165, 1.54) is 11.3 Å². The molecule has 0 aliphatic carbocycles. The van der Waals surface area contributed by atoms with Crippen LogP contribution in [0.1, 0.15) is 16.8 Å². The van der Waals surface area contributed by atoms with Gasteiger partial charge in [-0.3, -0.25) is 4.79 Å². The number of aromatic nitrogens is 1. The van der Waals surface area contributed by atoms with Crippen molar-refractivity contribution in [1.29, 1.82) is 0 Å². The molecular weight excluding hydrogens is 252 g/mol. The molecule has 0 spiro atoms. The SMILES string of the molecule is COc1ccccc1CC(=O)N1CCc2[nH]ccc2C1. The van der Waals surface area contributed by atoms with Gasteiger partial charge < -0.3 is 14.6 Å². The quantitative estimate of drug-likeness (QED) is 0.929. The van der Waals surface area contributed by atoms with Gasteiger partial charge in [0.25, 0.3) is 0 Å². The van der Waals surface area contributed by atoms with E-state index in [0.717, 1.165) is 24.3 Å². The van der Waals surface area contributed by atoms with Gasteiger partial charge in [0.15, 0.2) is 0 Å². The van der Waals surface area contributed by atoms with Gasteiger partial charge in [-0.05, 0) is 17.7 Å². The molecule has 1 aromatic heterocycles. The first-order valence-corrected chi connectivity index (χ1v) is 6.82. The van der Waals surface area contributed by atoms with E-state index in [9.17, 15) is 4.79 Å². The predicted octanol–water partition coefficient (Wildman–Crippen LogP) is 2.15. The molecule has 1 N–H and O–H groups in total. The largest absolute Gasteiger partial charge is 0.496 e. The lowest BCUT2D eigenvalue weighted by molar-refractivity contribution is -0.131. The molecule has 3 rings (SSSR count). The summed E-state index contributed by atoms with van der Waals surface area (Å²) in [6.45, 7) is 1.48. The summed E-state index contributed by atoms with van der Waals surface area (Å²) in [5.74, 6) is 0.932. The van der Waals surface area contributed by atoms with Gasteiger partial charge in [0.2, 0.25) is 5.91 Å². The first-order valence-electron chi connectivity index (χ1n) is 6.82. The van der Waals surface area contributed by atoms with Crippen molar-refractivity contribution in [2.24, 2.45) is 0 Å². The number of nitrogens with one attached hydrogen (secondary N) is 1. The Balaban J connectivity index is 1.71. The van der Waals surface area contributed by atoms with Crippen LogP contribution in [0.2, 0.25) is 0 Å². The Morgan fingerprint density at radius 1 is 1.35 bits per heavy atom. The summed E-state index contributed by atoms with van der Waals surface area (Å²) in [5.41, 5.74) is 3.43. The fourth-order valence-corrected chi connectivity index (χ4v) is 2.69. The maximum atomic E-state index is 12.4. The Labute approximate surface area is 118 Å². The number of hydrogen-bond donors (Lipinski definition) is 1. The Hall–Kier alpha value is -2.23. The second-order valence-corrected chi connectivity index (χ2v) is 5.04. The number of methoxy groups -OCH3 is 1. The number of fused-ring (bicyclic) bond motifs is 1. The van der Waals surface area contributed by atoms with Gasteiger partial charge in [-0.25, -0.2) is 0 Å². The molecule has 0 bridgehead atoms. The lowest BCUT2D eigenvalue weighted by atomic mass is 10.1. The van der Waals surface area contributed by atoms with Crippen LogP contribution in [-0.4, -0.2) is 29.4 Å². The summed E-state index contributed by atoms with van der Waals surface area (Å²) in [5, 5.41) is 0. The summed E-state index contributed by atoms with van der Waals surface area (Å²) in [7, 11) is 1.64. The van der Waals surface area contributed by atoms with Crippen molar-refractivity contribution >= 4 is 5.91 Å². The number of para-hydroxylation sites is 1. The third-order valence-corrected chi connectivity index (χ3v) is 3.81. The van der Waals surface area contributed by atoms with Crippen molar-refractivity contribution in [3.05, 3.63) is 53.3 Å². The second kappa shape index (κ2) is 5.41. The molecule has 0 unspecified atom stereocenters. The highest BCUT2D eigenvalue weighted by Crippen LogP contribution is 2.21. The molecule has 0 fully saturated rings. The van der Waals surface area contributed by atoms with Crippen LogP contribution in [0.5, 0.6) is 5.75 Å². The van der Waals surface area contributed by atoms with Crippen LogP contribution in [0.25, 0.3) is 0 Å². The lowest BCUT2D eigenvalue weighted by Gasteiger charge is -2.27. The smallest absolute Gasteiger partial charge is 0.227 e. The first-order chi connectivity index (χ1) is 9.78. The van der Waals surface area contributed by atoms with Crippen LogP contribution in [0, 0.1) is 0 Å². The van der Waals surface area contributed by atoms with E-state index in [-0.39, 0.29) is 5.91 Å². The number of benzene rings is 1. The van der Waals surface area contributed by atoms with E-state index in [4.69, 9.17) is 4.74 Å². The monoisotopic (exact) mass is 270 g/mol. The van der Waals surface area contributed by atoms with Crippen molar-refractivity contribution < 1.29 is 9.53 Å². The summed E-state index contributed by atoms with van der Waals surface area (Å²) in [6.07, 6.45) is 3.24. The Kier molecular flexibility index (Phi) is 3.46. The Morgan fingerprint density at radius 3 is 3.05 bits per heavy atom. The zero-order valence-corrected chi connectivity index (χ0v) is 11.6. The van der Waals surface area contributed by atoms with E-state index in [1.807, 2.05) is 35.4 Å². The van der Waals surface area contributed by atoms with Crippen LogP contribution >= 0.6 is 0 Å². The molecule has 1 aliphatic heterocycles. The summed E-state index contributed by atoms with van der Waals surface area (Å²) >= 11 is 0. The van der Waals surface area contributed by atoms with Crippen LogP contribution in [0.15, 0.2) is 36.5 Å². The highest BCUT2D eigenvalue weighted by Gasteiger charge is 2.21. The standard InChI is InChI=1S/C16H18N2O2/c1-20-15-5-3-2-4-12(15)10-16(19)18-9-7-14-13(11-18)6-8-17-14/h2-6,8,17H,7,9-11H2,1H3. The van der Waals surface area contributed by atoms with Crippen LogP contribution in [0.4, 0.5) is 0 Å². The van der Waals surface area contributed by atoms with Crippen LogP contribution in [0.3, 0.4) is 0 Å². The van der Waals surface area contributed by atoms with E-state index >= 15 is 0 Å². The van der Waals surface area contributed by atoms with Gasteiger partial charge in [-0.1, -0.05) is 18.2 Å². The number of H-pyrrole nitrogens is 1. The maximum Gasteiger partial charge on any atom is 0.227 e. The number of hydrogen-bond acceptors (Lipinski definition) is 2. The average Bonchev–Trinajstić information content (AvgIpc) is 2.95. The summed E-state index contributed by atoms with van der Waals surface area (Å²) in [4.78, 5) is 17.6. The van der Waals surface area contributed by atoms with Gasteiger partial charge in [0.05, 0.1) is 13.5 Å². The maximum absolute atomic E-state index is 12.4. The molecule has 2 heterocycles. The molecule has 20 heavy (non-hydrogen) atoms. The Bertz CT molecular complexity index is 618. The molecule has 4 heteroatoms. The molecule has 0 saturated heterocycles. The molecule has 0 saturated carbocycles. The van der Waals surface area contributed by atoms with Gasteiger partial charge >= 0.3 is 0 Å². The second-order valence-electron chi connectivity index (χ2n) is 5.04. The zero-order valence-electron chi connectivity index (χ0n) is 11.6. The van der Waals surface area contributed by atoms with Crippen molar-refractivity contribution in [2.75, 3.05) is 13.7 Å². The van der Waals surface area contributed by atoms with E-state index < -0.39 is 0 Å². The van der Waals surface area contributed by atoms with Crippen molar-refractivity contribution in [1.82, 2.24) is 9.88 Å². The van der Waals surface area contributed by atoms with E-state index in [0.29, 0.717) is 13.0 Å². The minimum Gasteiger partial charge on any atom is -0.496 e. The molecule has 2 aromatic rings. The third kappa shape index (κ3) is 2.41. The molecule has 0 atom stereocenters. The van der Waals surface area contributed by atoms with Crippen LogP contribution < -0.4 is 4.74 Å². The van der Waals surface area contributed by atoms with E-state index in [1.54, 1.807) is 7.11 Å². The predicted molar refractivity (Wildman–Crippen MR) is 76.6 cm³/mol. The molecule has 1 aromatic carbocycles. The van der Waals surface area contributed by atoms with E-state index in [2.05, 4.69) is 11.1 Å². The number of carbonyl (C=O) groups excluding carboxylic acids is 1. The lowest BCUT2D eigenvalue weighted by Crippen LogP contribution is -2.36. The number of amides is 1. The van der Waals surface area contributed by atoms with Crippen molar-refractivity contribution in [3.63, 3.8) is 0 Å². The van der Waals surface area contributed by atoms with Crippen molar-refractivity contribution in [2.45, 2.75) is 19.4 Å². The molecule has 104 valence electrons. The van der Waals surface area contributed by atoms with Crippen LogP contribution in [-0.2, 0) is 24.2 Å². The number of carbonyl (C=O) groups is 1. The normalized spacial score (nSPS) is 13.9. The number of nitrogens with zero attached hydrogens (tertiary/aromatic N) is 1. The van der Waals surface area contributed by atoms with Gasteiger partial charge in [0, 0.05) is 37.0 Å². The summed E-state index contributed by atoms with van der Waals surface area (Å²) in [6, 6.07) is 9.74. The number of ether oxygens (including phenoxy) is 1. The third-order valence-electron chi connectivity index (χ3n) is 3.81. The Morgan fingerprint density at radius 2 is 2.20 bits per heavy atom. The van der Waals surface area contributed by atoms with Gasteiger partial charge in [0.1, 0.15) is 5.75 Å². The molecule has 1 aliphatic rings. The average molecular weight is 270 g/mol. The van der Waals surface area contributed by atoms with Gasteiger partial charge in [-0.15, -0.1) is 0 Å². The minimum absolute atomic E-state index is 0.154. The zero-order chi connectivity index (χ0) is 13.9. The molecule has 4 nitrogen and oxygen atoms in total. The number of rotatable bonds is 3. The topological polar surface area (TPSA) is 45.3 Å². The van der Waals surface area contributed by atoms with Crippen molar-refractivity contribution in [3.8, 4) is 5.75 Å². The van der Waals surface area contributed by atoms with Gasteiger partial charge in [-0.2, -0.15) is 0 Å². The fourth-order valence-electron chi connectivity index (χ4n) is 2.69. The molecule has 0 radical (unpaired) electrons. The highest BCUT2D eigenvalue weighted by atomic mass is 16.5. The highest BCUT2D eigenvalue weighted by molar-refractivity contribution is 5.79.